The first-order valence-electron chi connectivity index (χ1n) is 11.4. The van der Waals surface area contributed by atoms with Gasteiger partial charge in [-0.1, -0.05) is 30.3 Å². The van der Waals surface area contributed by atoms with Gasteiger partial charge in [-0.15, -0.1) is 0 Å². The van der Waals surface area contributed by atoms with Crippen molar-refractivity contribution in [3.8, 4) is 0 Å². The second kappa shape index (κ2) is 12.5. The number of piperidine rings is 1. The predicted molar refractivity (Wildman–Crippen MR) is 122 cm³/mol. The maximum absolute atomic E-state index is 12.6. The summed E-state index contributed by atoms with van der Waals surface area (Å²) in [5.41, 5.74) is 3.16. The number of carbonyl (C=O) groups excluding carboxylic acids is 2. The smallest absolute Gasteiger partial charge is 0.549 e. The molecule has 4 rings (SSSR count). The molecule has 2 aliphatic rings. The Bertz CT molecular complexity index is 894. The van der Waals surface area contributed by atoms with Crippen LogP contribution in [0, 0.1) is 0 Å². The molecule has 33 heavy (non-hydrogen) atoms. The minimum atomic E-state index is -1.05. The Kier molecular flexibility index (Phi) is 9.77. The quantitative estimate of drug-likeness (QED) is 0.482. The molecule has 1 amide bonds. The molecule has 0 spiro atoms. The number of aliphatic carboxylic acids is 1. The van der Waals surface area contributed by atoms with Crippen molar-refractivity contribution in [2.75, 3.05) is 50.7 Å². The monoisotopic (exact) mass is 458 g/mol. The molecular weight excluding hydrogens is 427 g/mol. The first-order valence-corrected chi connectivity index (χ1v) is 11.4. The van der Waals surface area contributed by atoms with E-state index in [9.17, 15) is 14.7 Å². The molecule has 0 aromatic heterocycles. The van der Waals surface area contributed by atoms with Crippen LogP contribution < -0.4 is 44.9 Å². The van der Waals surface area contributed by atoms with E-state index in [1.54, 1.807) is 0 Å². The minimum absolute atomic E-state index is 0. The molecule has 0 aliphatic carbocycles. The Morgan fingerprint density at radius 3 is 2.09 bits per heavy atom. The number of nitrogens with one attached hydrogen (secondary N) is 1. The number of carbonyl (C=O) groups is 2. The summed E-state index contributed by atoms with van der Waals surface area (Å²) in [6.45, 7) is 6.26. The first-order chi connectivity index (χ1) is 15.6. The van der Waals surface area contributed by atoms with E-state index in [0.29, 0.717) is 18.7 Å². The molecule has 2 aliphatic heterocycles. The Balaban J connectivity index is 0.00000306. The second-order valence-electron chi connectivity index (χ2n) is 8.69. The van der Waals surface area contributed by atoms with Gasteiger partial charge in [0.15, 0.2) is 0 Å². The summed E-state index contributed by atoms with van der Waals surface area (Å²) in [6, 6.07) is 18.5. The first kappa shape index (κ1) is 25.7. The van der Waals surface area contributed by atoms with Crippen LogP contribution >= 0.6 is 0 Å². The van der Waals surface area contributed by atoms with Crippen LogP contribution in [0.5, 0.6) is 0 Å². The van der Waals surface area contributed by atoms with E-state index >= 15 is 0 Å². The molecule has 170 valence electrons. The topological polar surface area (TPSA) is 78.9 Å². The molecule has 0 saturated carbocycles. The zero-order chi connectivity index (χ0) is 22.3. The van der Waals surface area contributed by atoms with Crippen LogP contribution in [0.4, 0.5) is 5.69 Å². The third kappa shape index (κ3) is 7.55. The van der Waals surface area contributed by atoms with E-state index in [-0.39, 0.29) is 48.1 Å². The number of hydrogen-bond donors (Lipinski definition) is 1. The number of carboxylic acid groups (broad SMARTS) is 1. The molecule has 0 radical (unpaired) electrons. The maximum Gasteiger partial charge on any atom is 1.00 e. The van der Waals surface area contributed by atoms with Crippen LogP contribution in [-0.4, -0.2) is 73.5 Å². The number of hydrogen-bond acceptors (Lipinski definition) is 6. The van der Waals surface area contributed by atoms with Crippen LogP contribution in [0.25, 0.3) is 0 Å². The number of piperazine rings is 1. The van der Waals surface area contributed by atoms with Crippen LogP contribution in [0.3, 0.4) is 0 Å². The molecule has 7 nitrogen and oxygen atoms in total. The molecule has 8 heteroatoms. The zero-order valence-electron chi connectivity index (χ0n) is 19.4. The molecular formula is C25H31N4NaO3. The van der Waals surface area contributed by atoms with Gasteiger partial charge >= 0.3 is 29.6 Å². The van der Waals surface area contributed by atoms with Crippen molar-refractivity contribution in [2.24, 2.45) is 0 Å². The third-order valence-corrected chi connectivity index (χ3v) is 6.39. The zero-order valence-corrected chi connectivity index (χ0v) is 21.4. The van der Waals surface area contributed by atoms with E-state index in [1.165, 1.54) is 5.56 Å². The van der Waals surface area contributed by atoms with Crippen molar-refractivity contribution in [3.05, 3.63) is 65.7 Å². The summed E-state index contributed by atoms with van der Waals surface area (Å²) in [7, 11) is 0. The molecule has 0 atom stereocenters. The molecule has 0 bridgehead atoms. The largest absolute Gasteiger partial charge is 1.00 e. The number of benzene rings is 2. The molecule has 1 N–H and O–H groups in total. The summed E-state index contributed by atoms with van der Waals surface area (Å²) >= 11 is 0. The van der Waals surface area contributed by atoms with Gasteiger partial charge in [-0.3, -0.25) is 14.6 Å². The van der Waals surface area contributed by atoms with E-state index in [0.717, 1.165) is 51.3 Å². The summed E-state index contributed by atoms with van der Waals surface area (Å²) in [5, 5.41) is 13.8. The number of carboxylic acids is 1. The molecule has 2 aromatic carbocycles. The average Bonchev–Trinajstić information content (AvgIpc) is 2.81. The predicted octanol–water partition coefficient (Wildman–Crippen LogP) is -2.04. The summed E-state index contributed by atoms with van der Waals surface area (Å²) in [4.78, 5) is 30.0. The van der Waals surface area contributed by atoms with Crippen molar-refractivity contribution >= 4 is 17.6 Å². The van der Waals surface area contributed by atoms with Crippen LogP contribution in [-0.2, 0) is 11.3 Å². The summed E-state index contributed by atoms with van der Waals surface area (Å²) in [5.74, 6) is -1.12. The van der Waals surface area contributed by atoms with Gasteiger partial charge in [-0.25, -0.2) is 0 Å². The van der Waals surface area contributed by atoms with Crippen LogP contribution in [0.1, 0.15) is 28.8 Å². The summed E-state index contributed by atoms with van der Waals surface area (Å²) < 4.78 is 0. The standard InChI is InChI=1S/C25H32N4O3.Na/c30-24(31)19-27-12-10-22(11-13-27)26-25(32)21-6-8-23(9-7-21)29-16-14-28(15-17-29)18-20-4-2-1-3-5-20;/h1-9,22H,10-19H2,(H,26,32)(H,30,31);/q;+1/p-1. The molecule has 2 saturated heterocycles. The SMILES string of the molecule is O=C([O-])CN1CCC(NC(=O)c2ccc(N3CCN(Cc4ccccc4)CC3)cc2)CC1.[Na+]. The van der Waals surface area contributed by atoms with Gasteiger partial charge < -0.3 is 20.1 Å². The van der Waals surface area contributed by atoms with Gasteiger partial charge in [0, 0.05) is 69.7 Å². The van der Waals surface area contributed by atoms with Crippen molar-refractivity contribution < 1.29 is 44.3 Å². The average molecular weight is 459 g/mol. The van der Waals surface area contributed by atoms with E-state index in [2.05, 4.69) is 39.4 Å². The number of likely N-dealkylation sites (tertiary alicyclic amines) is 1. The normalized spacial score (nSPS) is 17.9. The van der Waals surface area contributed by atoms with Gasteiger partial charge in [0.2, 0.25) is 0 Å². The fourth-order valence-corrected chi connectivity index (χ4v) is 4.52. The fraction of sp³-hybridized carbons (Fsp3) is 0.440. The number of rotatable bonds is 7. The Labute approximate surface area is 218 Å². The molecule has 2 heterocycles. The van der Waals surface area contributed by atoms with E-state index in [1.807, 2.05) is 35.2 Å². The van der Waals surface area contributed by atoms with E-state index < -0.39 is 5.97 Å². The summed E-state index contributed by atoms with van der Waals surface area (Å²) in [6.07, 6.45) is 1.51. The number of nitrogens with zero attached hydrogens (tertiary/aromatic N) is 3. The van der Waals surface area contributed by atoms with Crippen molar-refractivity contribution in [3.63, 3.8) is 0 Å². The molecule has 2 aromatic rings. The van der Waals surface area contributed by atoms with Crippen molar-refractivity contribution in [2.45, 2.75) is 25.4 Å². The van der Waals surface area contributed by atoms with Gasteiger partial charge in [0.05, 0.1) is 5.97 Å². The number of amides is 1. The third-order valence-electron chi connectivity index (χ3n) is 6.39. The molecule has 0 unspecified atom stereocenters. The Hall–Kier alpha value is -1.90. The van der Waals surface area contributed by atoms with Gasteiger partial charge in [0.25, 0.3) is 5.91 Å². The Morgan fingerprint density at radius 2 is 1.48 bits per heavy atom. The second-order valence-corrected chi connectivity index (χ2v) is 8.69. The number of anilines is 1. The molecule has 2 fully saturated rings. The van der Waals surface area contributed by atoms with Crippen LogP contribution in [0.2, 0.25) is 0 Å². The van der Waals surface area contributed by atoms with Gasteiger partial charge in [-0.2, -0.15) is 0 Å². The van der Waals surface area contributed by atoms with Gasteiger partial charge in [-0.05, 0) is 42.7 Å². The van der Waals surface area contributed by atoms with Crippen LogP contribution in [0.15, 0.2) is 54.6 Å². The van der Waals surface area contributed by atoms with Crippen molar-refractivity contribution in [1.82, 2.24) is 15.1 Å². The van der Waals surface area contributed by atoms with Gasteiger partial charge in [0.1, 0.15) is 0 Å². The fourth-order valence-electron chi connectivity index (χ4n) is 4.52. The Morgan fingerprint density at radius 1 is 0.848 bits per heavy atom. The minimum Gasteiger partial charge on any atom is -0.549 e. The van der Waals surface area contributed by atoms with E-state index in [4.69, 9.17) is 0 Å². The maximum atomic E-state index is 12.6. The van der Waals surface area contributed by atoms with Crippen molar-refractivity contribution in [1.29, 1.82) is 0 Å².